The van der Waals surface area contributed by atoms with Crippen LogP contribution in [0.2, 0.25) is 0 Å². The van der Waals surface area contributed by atoms with E-state index in [9.17, 15) is 9.59 Å². The van der Waals surface area contributed by atoms with Crippen LogP contribution in [0.25, 0.3) is 0 Å². The Hall–Kier alpha value is -1.64. The van der Waals surface area contributed by atoms with Gasteiger partial charge in [0.2, 0.25) is 0 Å². The third kappa shape index (κ3) is 2.45. The van der Waals surface area contributed by atoms with Crippen molar-refractivity contribution >= 4 is 11.8 Å². The monoisotopic (exact) mass is 246 g/mol. The number of hydrogen-bond acceptors (Lipinski definition) is 3. The number of hydrogen-bond donors (Lipinski definition) is 0. The molecule has 0 amide bonds. The first kappa shape index (κ1) is 12.8. The molecule has 0 spiro atoms. The minimum absolute atomic E-state index is 0.0448. The van der Waals surface area contributed by atoms with Gasteiger partial charge in [-0.1, -0.05) is 25.7 Å². The largest absolute Gasteiger partial charge is 0.458 e. The van der Waals surface area contributed by atoms with Gasteiger partial charge in [-0.3, -0.25) is 4.79 Å². The first-order valence-corrected chi connectivity index (χ1v) is 6.27. The van der Waals surface area contributed by atoms with Gasteiger partial charge in [-0.25, -0.2) is 4.79 Å². The van der Waals surface area contributed by atoms with Crippen molar-refractivity contribution in [3.63, 3.8) is 0 Å². The molecule has 3 atom stereocenters. The zero-order valence-corrected chi connectivity index (χ0v) is 10.8. The Bertz CT molecular complexity index is 456. The van der Waals surface area contributed by atoms with Crippen LogP contribution in [0.4, 0.5) is 0 Å². The summed E-state index contributed by atoms with van der Waals surface area (Å²) in [6.07, 6.45) is 7.06. The third-order valence-electron chi connectivity index (χ3n) is 3.69. The van der Waals surface area contributed by atoms with Crippen LogP contribution in [0, 0.1) is 11.8 Å². The number of fused-ring (bicyclic) bond motifs is 1. The molecule has 3 heteroatoms. The van der Waals surface area contributed by atoms with E-state index in [1.54, 1.807) is 6.08 Å². The van der Waals surface area contributed by atoms with E-state index in [-0.39, 0.29) is 29.7 Å². The van der Waals surface area contributed by atoms with Gasteiger partial charge in [0.1, 0.15) is 6.10 Å². The van der Waals surface area contributed by atoms with E-state index in [1.807, 2.05) is 6.08 Å². The molecule has 0 N–H and O–H groups in total. The number of carbonyl (C=O) groups excluding carboxylic acids is 2. The van der Waals surface area contributed by atoms with E-state index < -0.39 is 0 Å². The van der Waals surface area contributed by atoms with Crippen molar-refractivity contribution in [2.24, 2.45) is 11.8 Å². The molecule has 1 aliphatic carbocycles. The molecule has 1 heterocycles. The van der Waals surface area contributed by atoms with Gasteiger partial charge < -0.3 is 4.74 Å². The van der Waals surface area contributed by atoms with Crippen LogP contribution in [0.15, 0.2) is 36.0 Å². The summed E-state index contributed by atoms with van der Waals surface area (Å²) in [5.41, 5.74) is 1.73. The highest BCUT2D eigenvalue weighted by molar-refractivity contribution is 5.91. The second kappa shape index (κ2) is 4.92. The molecule has 0 aromatic rings. The van der Waals surface area contributed by atoms with Gasteiger partial charge >= 0.3 is 5.97 Å². The Labute approximate surface area is 107 Å². The Morgan fingerprint density at radius 1 is 1.56 bits per heavy atom. The van der Waals surface area contributed by atoms with Crippen LogP contribution in [0.5, 0.6) is 0 Å². The summed E-state index contributed by atoms with van der Waals surface area (Å²) in [5.74, 6) is 0.175. The van der Waals surface area contributed by atoms with Crippen molar-refractivity contribution in [2.75, 3.05) is 0 Å². The van der Waals surface area contributed by atoms with Crippen LogP contribution in [0.3, 0.4) is 0 Å². The van der Waals surface area contributed by atoms with Gasteiger partial charge in [-0.2, -0.15) is 0 Å². The van der Waals surface area contributed by atoms with Crippen molar-refractivity contribution < 1.29 is 14.3 Å². The van der Waals surface area contributed by atoms with E-state index in [1.165, 1.54) is 6.92 Å². The smallest absolute Gasteiger partial charge is 0.334 e. The zero-order chi connectivity index (χ0) is 13.3. The Balaban J connectivity index is 2.18. The summed E-state index contributed by atoms with van der Waals surface area (Å²) in [6, 6.07) is 0. The predicted octanol–water partition coefficient (Wildman–Crippen LogP) is 2.59. The van der Waals surface area contributed by atoms with E-state index in [2.05, 4.69) is 19.6 Å². The Morgan fingerprint density at radius 3 is 2.94 bits per heavy atom. The molecule has 3 nitrogen and oxygen atoms in total. The standard InChI is InChI=1S/C15H18O3/c1-9-8-14-13(11(3)15(17)18-14)7-6-12(9)5-4-10(2)16/h4-6,9,13-14H,3,7-8H2,1-2H3/b5-4-/t9-,13+,14-/m0/s1. The van der Waals surface area contributed by atoms with Gasteiger partial charge in [0, 0.05) is 11.5 Å². The van der Waals surface area contributed by atoms with Gasteiger partial charge in [0.05, 0.1) is 0 Å². The molecule has 0 aromatic carbocycles. The normalized spacial score (nSPS) is 31.9. The molecule has 2 aliphatic rings. The number of esters is 1. The summed E-state index contributed by atoms with van der Waals surface area (Å²) in [6.45, 7) is 7.44. The summed E-state index contributed by atoms with van der Waals surface area (Å²) in [4.78, 5) is 22.4. The first-order chi connectivity index (χ1) is 8.49. The van der Waals surface area contributed by atoms with Crippen LogP contribution in [0.1, 0.15) is 26.7 Å². The second-order valence-corrected chi connectivity index (χ2v) is 5.10. The molecule has 96 valence electrons. The average Bonchev–Trinajstić information content (AvgIpc) is 2.46. The quantitative estimate of drug-likeness (QED) is 0.555. The van der Waals surface area contributed by atoms with Gasteiger partial charge in [-0.15, -0.1) is 0 Å². The van der Waals surface area contributed by atoms with Gasteiger partial charge in [0.15, 0.2) is 5.78 Å². The molecule has 1 aliphatic heterocycles. The molecule has 0 bridgehead atoms. The molecule has 2 rings (SSSR count). The van der Waals surface area contributed by atoms with Gasteiger partial charge in [0.25, 0.3) is 0 Å². The fraction of sp³-hybridized carbons (Fsp3) is 0.467. The highest BCUT2D eigenvalue weighted by Gasteiger charge is 2.40. The van der Waals surface area contributed by atoms with Crippen LogP contribution >= 0.6 is 0 Å². The molecular formula is C15H18O3. The molecule has 18 heavy (non-hydrogen) atoms. The van der Waals surface area contributed by atoms with Crippen LogP contribution in [-0.4, -0.2) is 17.9 Å². The maximum absolute atomic E-state index is 11.5. The van der Waals surface area contributed by atoms with Crippen molar-refractivity contribution in [2.45, 2.75) is 32.8 Å². The minimum Gasteiger partial charge on any atom is -0.458 e. The topological polar surface area (TPSA) is 43.4 Å². The Kier molecular flexibility index (Phi) is 3.50. The highest BCUT2D eigenvalue weighted by Crippen LogP contribution is 2.38. The number of rotatable bonds is 2. The van der Waals surface area contributed by atoms with E-state index in [0.717, 1.165) is 18.4 Å². The minimum atomic E-state index is -0.256. The lowest BCUT2D eigenvalue weighted by Crippen LogP contribution is -2.17. The molecule has 1 saturated heterocycles. The zero-order valence-electron chi connectivity index (χ0n) is 10.8. The van der Waals surface area contributed by atoms with E-state index in [4.69, 9.17) is 4.74 Å². The summed E-state index contributed by atoms with van der Waals surface area (Å²) < 4.78 is 5.34. The van der Waals surface area contributed by atoms with Crippen LogP contribution < -0.4 is 0 Å². The fourth-order valence-corrected chi connectivity index (χ4v) is 2.57. The van der Waals surface area contributed by atoms with Crippen molar-refractivity contribution in [3.8, 4) is 0 Å². The van der Waals surface area contributed by atoms with E-state index >= 15 is 0 Å². The summed E-state index contributed by atoms with van der Waals surface area (Å²) >= 11 is 0. The Morgan fingerprint density at radius 2 is 2.28 bits per heavy atom. The molecule has 0 radical (unpaired) electrons. The highest BCUT2D eigenvalue weighted by atomic mass is 16.6. The molecule has 0 saturated carbocycles. The predicted molar refractivity (Wildman–Crippen MR) is 68.8 cm³/mol. The lowest BCUT2D eigenvalue weighted by Gasteiger charge is -2.16. The van der Waals surface area contributed by atoms with Gasteiger partial charge in [-0.05, 0) is 37.3 Å². The molecule has 0 aromatic heterocycles. The van der Waals surface area contributed by atoms with Crippen molar-refractivity contribution in [1.82, 2.24) is 0 Å². The molecule has 1 fully saturated rings. The number of ether oxygens (including phenoxy) is 1. The number of allylic oxidation sites excluding steroid dienone is 4. The molecular weight excluding hydrogens is 228 g/mol. The van der Waals surface area contributed by atoms with Crippen molar-refractivity contribution in [1.29, 1.82) is 0 Å². The summed E-state index contributed by atoms with van der Waals surface area (Å²) in [7, 11) is 0. The fourth-order valence-electron chi connectivity index (χ4n) is 2.57. The second-order valence-electron chi connectivity index (χ2n) is 5.10. The van der Waals surface area contributed by atoms with E-state index in [0.29, 0.717) is 5.57 Å². The first-order valence-electron chi connectivity index (χ1n) is 6.27. The number of ketones is 1. The molecule has 0 unspecified atom stereocenters. The van der Waals surface area contributed by atoms with Crippen molar-refractivity contribution in [3.05, 3.63) is 36.0 Å². The third-order valence-corrected chi connectivity index (χ3v) is 3.69. The maximum Gasteiger partial charge on any atom is 0.334 e. The SMILES string of the molecule is C=C1C(=O)O[C@H]2C[C@H](C)C(/C=C\C(C)=O)=CC[C@H]12. The maximum atomic E-state index is 11.5. The average molecular weight is 246 g/mol. The lowest BCUT2D eigenvalue weighted by atomic mass is 9.91. The lowest BCUT2D eigenvalue weighted by molar-refractivity contribution is -0.139. The summed E-state index contributed by atoms with van der Waals surface area (Å²) in [5, 5.41) is 0. The van der Waals surface area contributed by atoms with Crippen LogP contribution in [-0.2, 0) is 14.3 Å². The number of carbonyl (C=O) groups is 2.